The molecule has 2 heterocycles. The molecule has 0 spiro atoms. The zero-order valence-corrected chi connectivity index (χ0v) is 17.3. The van der Waals surface area contributed by atoms with E-state index in [0.717, 1.165) is 29.7 Å². The molecule has 1 amide bonds. The van der Waals surface area contributed by atoms with E-state index in [1.807, 2.05) is 41.3 Å². The third kappa shape index (κ3) is 4.62. The lowest BCUT2D eigenvalue weighted by atomic mass is 9.96. The van der Waals surface area contributed by atoms with Crippen molar-refractivity contribution < 1.29 is 14.1 Å². The van der Waals surface area contributed by atoms with Crippen molar-refractivity contribution in [3.05, 3.63) is 59.7 Å². The number of nitrogens with zero attached hydrogens (tertiary/aromatic N) is 3. The summed E-state index contributed by atoms with van der Waals surface area (Å²) < 4.78 is 10.7. The number of carbonyl (C=O) groups is 1. The van der Waals surface area contributed by atoms with Gasteiger partial charge in [-0.2, -0.15) is 4.98 Å². The Morgan fingerprint density at radius 1 is 1.20 bits per heavy atom. The van der Waals surface area contributed by atoms with Gasteiger partial charge >= 0.3 is 6.01 Å². The van der Waals surface area contributed by atoms with E-state index in [1.165, 1.54) is 5.56 Å². The Labute approximate surface area is 176 Å². The summed E-state index contributed by atoms with van der Waals surface area (Å²) >= 11 is 0. The number of aromatic nitrogens is 2. The minimum absolute atomic E-state index is 0.00692. The molecule has 0 radical (unpaired) electrons. The van der Waals surface area contributed by atoms with Crippen LogP contribution in [0.5, 0.6) is 5.75 Å². The van der Waals surface area contributed by atoms with Crippen LogP contribution in [0.3, 0.4) is 0 Å². The van der Waals surface area contributed by atoms with E-state index in [2.05, 4.69) is 34.5 Å². The highest BCUT2D eigenvalue weighted by molar-refractivity contribution is 5.79. The highest BCUT2D eigenvalue weighted by atomic mass is 16.5. The summed E-state index contributed by atoms with van der Waals surface area (Å²) in [6.45, 7) is 4.04. The van der Waals surface area contributed by atoms with Crippen molar-refractivity contribution in [2.75, 3.05) is 25.1 Å². The lowest BCUT2D eigenvalue weighted by Gasteiger charge is -2.29. The van der Waals surface area contributed by atoms with Gasteiger partial charge in [0.2, 0.25) is 11.7 Å². The standard InChI is InChI=1S/C23H26N4O3/c1-16-6-8-17(9-7-16)15-24-22(28)18-10-12-27(13-11-18)23-25-21(26-30-23)19-4-3-5-20(14-19)29-2/h3-9,14,18H,10-13,15H2,1-2H3,(H,24,28). The van der Waals surface area contributed by atoms with Crippen LogP contribution < -0.4 is 15.0 Å². The number of aryl methyl sites for hydroxylation is 1. The van der Waals surface area contributed by atoms with Crippen molar-refractivity contribution in [3.8, 4) is 17.1 Å². The van der Waals surface area contributed by atoms with Gasteiger partial charge in [-0.25, -0.2) is 0 Å². The van der Waals surface area contributed by atoms with E-state index in [4.69, 9.17) is 9.26 Å². The van der Waals surface area contributed by atoms with Crippen molar-refractivity contribution in [3.63, 3.8) is 0 Å². The van der Waals surface area contributed by atoms with E-state index in [0.29, 0.717) is 31.5 Å². The summed E-state index contributed by atoms with van der Waals surface area (Å²) in [6, 6.07) is 16.3. The van der Waals surface area contributed by atoms with Crippen LogP contribution in [-0.2, 0) is 11.3 Å². The van der Waals surface area contributed by atoms with E-state index in [9.17, 15) is 4.79 Å². The zero-order valence-electron chi connectivity index (χ0n) is 17.3. The quantitative estimate of drug-likeness (QED) is 0.674. The summed E-state index contributed by atoms with van der Waals surface area (Å²) in [6.07, 6.45) is 1.52. The Morgan fingerprint density at radius 3 is 2.70 bits per heavy atom. The molecule has 3 aromatic rings. The average molecular weight is 406 g/mol. The van der Waals surface area contributed by atoms with Gasteiger partial charge in [0.25, 0.3) is 0 Å². The molecule has 1 aliphatic heterocycles. The second-order valence-electron chi connectivity index (χ2n) is 7.60. The molecule has 0 bridgehead atoms. The minimum Gasteiger partial charge on any atom is -0.497 e. The van der Waals surface area contributed by atoms with Crippen molar-refractivity contribution in [2.45, 2.75) is 26.3 Å². The summed E-state index contributed by atoms with van der Waals surface area (Å²) in [4.78, 5) is 19.1. The first-order chi connectivity index (χ1) is 14.6. The molecule has 7 nitrogen and oxygen atoms in total. The fraction of sp³-hybridized carbons (Fsp3) is 0.348. The summed E-state index contributed by atoms with van der Waals surface area (Å²) in [5.74, 6) is 1.39. The van der Waals surface area contributed by atoms with Crippen LogP contribution in [0.1, 0.15) is 24.0 Å². The first kappa shape index (κ1) is 19.9. The Bertz CT molecular complexity index is 992. The smallest absolute Gasteiger partial charge is 0.324 e. The van der Waals surface area contributed by atoms with E-state index in [1.54, 1.807) is 7.11 Å². The third-order valence-corrected chi connectivity index (χ3v) is 5.47. The molecular formula is C23H26N4O3. The second-order valence-corrected chi connectivity index (χ2v) is 7.60. The van der Waals surface area contributed by atoms with Crippen LogP contribution in [0.15, 0.2) is 53.1 Å². The first-order valence-corrected chi connectivity index (χ1v) is 10.2. The Morgan fingerprint density at radius 2 is 1.97 bits per heavy atom. The van der Waals surface area contributed by atoms with Crippen molar-refractivity contribution in [2.24, 2.45) is 5.92 Å². The molecule has 7 heteroatoms. The Balaban J connectivity index is 1.30. The maximum atomic E-state index is 12.5. The summed E-state index contributed by atoms with van der Waals surface area (Å²) in [5, 5.41) is 7.16. The predicted molar refractivity (Wildman–Crippen MR) is 114 cm³/mol. The summed E-state index contributed by atoms with van der Waals surface area (Å²) in [5.41, 5.74) is 3.17. The fourth-order valence-electron chi connectivity index (χ4n) is 3.60. The van der Waals surface area contributed by atoms with E-state index >= 15 is 0 Å². The van der Waals surface area contributed by atoms with Gasteiger partial charge in [-0.15, -0.1) is 0 Å². The number of piperidine rings is 1. The van der Waals surface area contributed by atoms with Crippen molar-refractivity contribution in [1.82, 2.24) is 15.5 Å². The van der Waals surface area contributed by atoms with Crippen LogP contribution in [0.25, 0.3) is 11.4 Å². The Kier molecular flexibility index (Phi) is 5.97. The van der Waals surface area contributed by atoms with Crippen LogP contribution in [0, 0.1) is 12.8 Å². The number of ether oxygens (including phenoxy) is 1. The molecule has 30 heavy (non-hydrogen) atoms. The largest absolute Gasteiger partial charge is 0.497 e. The first-order valence-electron chi connectivity index (χ1n) is 10.2. The lowest BCUT2D eigenvalue weighted by Crippen LogP contribution is -2.40. The fourth-order valence-corrected chi connectivity index (χ4v) is 3.60. The zero-order chi connectivity index (χ0) is 20.9. The van der Waals surface area contributed by atoms with Gasteiger partial charge in [-0.05, 0) is 37.5 Å². The van der Waals surface area contributed by atoms with Gasteiger partial charge in [-0.1, -0.05) is 47.1 Å². The molecule has 156 valence electrons. The van der Waals surface area contributed by atoms with Gasteiger partial charge in [-0.3, -0.25) is 4.79 Å². The van der Waals surface area contributed by atoms with Gasteiger partial charge in [0.1, 0.15) is 5.75 Å². The molecule has 1 fully saturated rings. The molecule has 0 aliphatic carbocycles. The number of benzene rings is 2. The molecule has 0 atom stereocenters. The number of carbonyl (C=O) groups excluding carboxylic acids is 1. The summed E-state index contributed by atoms with van der Waals surface area (Å²) in [7, 11) is 1.63. The van der Waals surface area contributed by atoms with Crippen LogP contribution in [0.2, 0.25) is 0 Å². The minimum atomic E-state index is 0.00692. The number of hydrogen-bond acceptors (Lipinski definition) is 6. The molecule has 4 rings (SSSR count). The predicted octanol–water partition coefficient (Wildman–Crippen LogP) is 3.59. The number of rotatable bonds is 6. The number of nitrogens with one attached hydrogen (secondary N) is 1. The number of amides is 1. The normalized spacial score (nSPS) is 14.5. The van der Waals surface area contributed by atoms with Gasteiger partial charge < -0.3 is 19.5 Å². The number of methoxy groups -OCH3 is 1. The van der Waals surface area contributed by atoms with E-state index in [-0.39, 0.29) is 11.8 Å². The molecule has 0 unspecified atom stereocenters. The molecule has 1 aliphatic rings. The molecular weight excluding hydrogens is 380 g/mol. The van der Waals surface area contributed by atoms with Gasteiger partial charge in [0, 0.05) is 31.1 Å². The monoisotopic (exact) mass is 406 g/mol. The SMILES string of the molecule is COc1cccc(-c2noc(N3CCC(C(=O)NCc4ccc(C)cc4)CC3)n2)c1. The molecule has 0 saturated carbocycles. The van der Waals surface area contributed by atoms with Crippen LogP contribution >= 0.6 is 0 Å². The molecule has 2 aromatic carbocycles. The van der Waals surface area contributed by atoms with E-state index < -0.39 is 0 Å². The van der Waals surface area contributed by atoms with Crippen molar-refractivity contribution in [1.29, 1.82) is 0 Å². The maximum absolute atomic E-state index is 12.5. The van der Waals surface area contributed by atoms with Crippen LogP contribution in [-0.4, -0.2) is 36.2 Å². The maximum Gasteiger partial charge on any atom is 0.324 e. The molecule has 1 saturated heterocycles. The number of hydrogen-bond donors (Lipinski definition) is 1. The average Bonchev–Trinajstić information content (AvgIpc) is 3.29. The lowest BCUT2D eigenvalue weighted by molar-refractivity contribution is -0.125. The number of anilines is 1. The third-order valence-electron chi connectivity index (χ3n) is 5.47. The highest BCUT2D eigenvalue weighted by Gasteiger charge is 2.27. The van der Waals surface area contributed by atoms with Crippen LogP contribution in [0.4, 0.5) is 6.01 Å². The molecule has 1 aromatic heterocycles. The highest BCUT2D eigenvalue weighted by Crippen LogP contribution is 2.26. The second kappa shape index (κ2) is 8.98. The van der Waals surface area contributed by atoms with Gasteiger partial charge in [0.15, 0.2) is 0 Å². The topological polar surface area (TPSA) is 80.5 Å². The Hall–Kier alpha value is -3.35. The van der Waals surface area contributed by atoms with Gasteiger partial charge in [0.05, 0.1) is 7.11 Å². The molecule has 1 N–H and O–H groups in total. The van der Waals surface area contributed by atoms with Crippen molar-refractivity contribution >= 4 is 11.9 Å².